The van der Waals surface area contributed by atoms with Crippen LogP contribution in [0.4, 0.5) is 0 Å². The van der Waals surface area contributed by atoms with Crippen LogP contribution < -0.4 is 16.4 Å². The van der Waals surface area contributed by atoms with Crippen molar-refractivity contribution < 1.29 is 39.3 Å². The number of nitrogens with zero attached hydrogens (tertiary/aromatic N) is 2. The fraction of sp³-hybridized carbons (Fsp3) is 0.575. The molecule has 55 heavy (non-hydrogen) atoms. The van der Waals surface area contributed by atoms with Gasteiger partial charge in [-0.2, -0.15) is 0 Å². The summed E-state index contributed by atoms with van der Waals surface area (Å²) in [6.45, 7) is 4.00. The highest BCUT2D eigenvalue weighted by Crippen LogP contribution is 2.23. The number of carbonyl (C=O) groups is 5. The molecule has 1 aliphatic rings. The second kappa shape index (κ2) is 22.5. The first-order chi connectivity index (χ1) is 26.0. The number of carbonyl (C=O) groups excluding carboxylic acids is 4. The lowest BCUT2D eigenvalue weighted by molar-refractivity contribution is -0.153. The third kappa shape index (κ3) is 15.2. The molecule has 1 aliphatic heterocycles. The molecular weight excluding hydrogens is 749 g/mol. The van der Waals surface area contributed by atoms with Crippen LogP contribution in [0, 0.1) is 5.92 Å². The topological polar surface area (TPSA) is 203 Å². The molecule has 15 heteroatoms. The van der Waals surface area contributed by atoms with Gasteiger partial charge in [-0.15, -0.1) is 23.2 Å². The molecule has 2 aromatic rings. The number of phenolic OH excluding ortho intramolecular Hbond substituents is 2. The number of likely N-dealkylation sites (N-methyl/N-ethyl adjacent to an activating group) is 1. The summed E-state index contributed by atoms with van der Waals surface area (Å²) in [6.07, 6.45) is 5.98. The molecule has 0 radical (unpaired) electrons. The third-order valence-corrected chi connectivity index (χ3v) is 10.3. The van der Waals surface area contributed by atoms with Crippen LogP contribution in [0.25, 0.3) is 0 Å². The summed E-state index contributed by atoms with van der Waals surface area (Å²) in [5, 5.41) is 35.1. The maximum absolute atomic E-state index is 14.4. The van der Waals surface area contributed by atoms with E-state index in [4.69, 9.17) is 28.9 Å². The summed E-state index contributed by atoms with van der Waals surface area (Å²) in [6, 6.07) is 7.62. The van der Waals surface area contributed by atoms with Crippen LogP contribution in [0.1, 0.15) is 89.2 Å². The highest BCUT2D eigenvalue weighted by molar-refractivity contribution is 6.44. The van der Waals surface area contributed by atoms with Crippen molar-refractivity contribution in [1.29, 1.82) is 0 Å². The highest BCUT2D eigenvalue weighted by Gasteiger charge is 2.41. The van der Waals surface area contributed by atoms with Gasteiger partial charge in [0.05, 0.1) is 0 Å². The Balaban J connectivity index is 1.81. The van der Waals surface area contributed by atoms with Gasteiger partial charge in [-0.05, 0) is 73.4 Å². The van der Waals surface area contributed by atoms with Crippen LogP contribution in [-0.4, -0.2) is 103 Å². The van der Waals surface area contributed by atoms with E-state index in [0.29, 0.717) is 36.8 Å². The van der Waals surface area contributed by atoms with E-state index in [1.807, 2.05) is 13.8 Å². The second-order valence-electron chi connectivity index (χ2n) is 14.9. The normalized spacial score (nSPS) is 16.4. The Morgan fingerprint density at radius 2 is 1.42 bits per heavy atom. The second-order valence-corrected chi connectivity index (χ2v) is 16.2. The van der Waals surface area contributed by atoms with Crippen molar-refractivity contribution in [1.82, 2.24) is 20.4 Å². The van der Waals surface area contributed by atoms with Gasteiger partial charge in [-0.3, -0.25) is 19.2 Å². The van der Waals surface area contributed by atoms with E-state index >= 15 is 0 Å². The standard InChI is InChI=1S/C40H57Cl2N5O8/c1-25(2)21-32(38(52)46(3)34(23-27-14-18-30(49)19-15-27)39(53)47-20-8-10-33(47)40(54)55)45-37(51)31(22-26-12-16-29(48)17-13-26)44-36(50)24-28(43)9-6-4-5-7-11-35(41)42/h12-19,25,28,31-35,48-49H,4-11,20-24,43H2,1-3H3,(H,44,50)(H,45,51)(H,54,55)/t28-,31+,32+,33+,34+/m1/s1. The zero-order valence-corrected chi connectivity index (χ0v) is 33.5. The van der Waals surface area contributed by atoms with Gasteiger partial charge in [0.1, 0.15) is 40.5 Å². The lowest BCUT2D eigenvalue weighted by Gasteiger charge is -2.35. The van der Waals surface area contributed by atoms with Gasteiger partial charge in [-0.1, -0.05) is 63.8 Å². The Labute approximate surface area is 333 Å². The predicted molar refractivity (Wildman–Crippen MR) is 212 cm³/mol. The number of nitrogens with two attached hydrogens (primary N) is 1. The van der Waals surface area contributed by atoms with Gasteiger partial charge in [-0.25, -0.2) is 4.79 Å². The Morgan fingerprint density at radius 3 is 1.96 bits per heavy atom. The van der Waals surface area contributed by atoms with E-state index in [2.05, 4.69) is 10.6 Å². The fourth-order valence-electron chi connectivity index (χ4n) is 6.82. The summed E-state index contributed by atoms with van der Waals surface area (Å²) in [5.41, 5.74) is 7.58. The van der Waals surface area contributed by atoms with E-state index in [1.165, 1.54) is 41.1 Å². The number of nitrogens with one attached hydrogen (secondary N) is 2. The number of unbranched alkanes of at least 4 members (excludes halogenated alkanes) is 3. The number of halogens is 2. The predicted octanol–water partition coefficient (Wildman–Crippen LogP) is 4.66. The largest absolute Gasteiger partial charge is 0.508 e. The lowest BCUT2D eigenvalue weighted by atomic mass is 9.98. The molecule has 0 spiro atoms. The molecule has 7 N–H and O–H groups in total. The number of hydrogen-bond donors (Lipinski definition) is 6. The molecule has 4 amide bonds. The molecule has 304 valence electrons. The summed E-state index contributed by atoms with van der Waals surface area (Å²) in [4.78, 5) is 70.0. The molecule has 5 atom stereocenters. The Kier molecular flexibility index (Phi) is 18.5. The molecule has 13 nitrogen and oxygen atoms in total. The first-order valence-corrected chi connectivity index (χ1v) is 19.9. The number of rotatable bonds is 22. The maximum Gasteiger partial charge on any atom is 0.326 e. The smallest absolute Gasteiger partial charge is 0.326 e. The number of carboxylic acids is 1. The van der Waals surface area contributed by atoms with Crippen molar-refractivity contribution in [2.24, 2.45) is 11.7 Å². The molecule has 1 saturated heterocycles. The lowest BCUT2D eigenvalue weighted by Crippen LogP contribution is -2.59. The van der Waals surface area contributed by atoms with Crippen molar-refractivity contribution in [2.45, 2.75) is 126 Å². The van der Waals surface area contributed by atoms with Crippen molar-refractivity contribution in [3.8, 4) is 11.5 Å². The van der Waals surface area contributed by atoms with Crippen LogP contribution >= 0.6 is 23.2 Å². The van der Waals surface area contributed by atoms with Crippen LogP contribution in [0.5, 0.6) is 11.5 Å². The van der Waals surface area contributed by atoms with Crippen LogP contribution in [-0.2, 0) is 36.8 Å². The Hall–Kier alpha value is -4.07. The molecule has 1 fully saturated rings. The summed E-state index contributed by atoms with van der Waals surface area (Å²) < 4.78 is 0. The minimum absolute atomic E-state index is 0.0171. The monoisotopic (exact) mass is 805 g/mol. The van der Waals surface area contributed by atoms with Crippen LogP contribution in [0.15, 0.2) is 48.5 Å². The van der Waals surface area contributed by atoms with Gasteiger partial charge < -0.3 is 41.5 Å². The van der Waals surface area contributed by atoms with E-state index in [9.17, 15) is 39.3 Å². The number of hydrogen-bond acceptors (Lipinski definition) is 8. The molecule has 0 saturated carbocycles. The van der Waals surface area contributed by atoms with E-state index in [1.54, 1.807) is 24.3 Å². The summed E-state index contributed by atoms with van der Waals surface area (Å²) in [7, 11) is 1.46. The zero-order valence-electron chi connectivity index (χ0n) is 32.0. The number of phenols is 2. The summed E-state index contributed by atoms with van der Waals surface area (Å²) in [5.74, 6) is -3.28. The quantitative estimate of drug-likeness (QED) is 0.0723. The average Bonchev–Trinajstić information content (AvgIpc) is 3.63. The minimum atomic E-state index is -1.13. The molecule has 0 aromatic heterocycles. The molecule has 0 bridgehead atoms. The van der Waals surface area contributed by atoms with Crippen LogP contribution in [0.2, 0.25) is 0 Å². The van der Waals surface area contributed by atoms with Crippen molar-refractivity contribution in [3.05, 3.63) is 59.7 Å². The first kappa shape index (κ1) is 45.3. The number of amides is 4. The van der Waals surface area contributed by atoms with Gasteiger partial charge >= 0.3 is 5.97 Å². The maximum atomic E-state index is 14.4. The van der Waals surface area contributed by atoms with Crippen LogP contribution in [0.3, 0.4) is 0 Å². The molecule has 0 unspecified atom stereocenters. The first-order valence-electron chi connectivity index (χ1n) is 19.0. The number of benzene rings is 2. The number of aliphatic carboxylic acids is 1. The number of aromatic hydroxyl groups is 2. The number of carboxylic acid groups (broad SMARTS) is 1. The molecule has 0 aliphatic carbocycles. The van der Waals surface area contributed by atoms with Gasteiger partial charge in [0.25, 0.3) is 0 Å². The zero-order chi connectivity index (χ0) is 40.7. The molecule has 1 heterocycles. The van der Waals surface area contributed by atoms with Gasteiger partial charge in [0.2, 0.25) is 23.6 Å². The number of alkyl halides is 2. The average molecular weight is 807 g/mol. The molecule has 2 aromatic carbocycles. The van der Waals surface area contributed by atoms with Gasteiger partial charge in [0.15, 0.2) is 0 Å². The fourth-order valence-corrected chi connectivity index (χ4v) is 7.13. The van der Waals surface area contributed by atoms with Crippen molar-refractivity contribution in [3.63, 3.8) is 0 Å². The Bertz CT molecular complexity index is 1560. The molecule has 3 rings (SSSR count). The minimum Gasteiger partial charge on any atom is -0.508 e. The van der Waals surface area contributed by atoms with E-state index in [0.717, 1.165) is 25.7 Å². The summed E-state index contributed by atoms with van der Waals surface area (Å²) >= 11 is 11.6. The Morgan fingerprint density at radius 1 is 0.855 bits per heavy atom. The number of likely N-dealkylation sites (tertiary alicyclic amines) is 1. The van der Waals surface area contributed by atoms with Crippen molar-refractivity contribution >= 4 is 52.8 Å². The van der Waals surface area contributed by atoms with Crippen molar-refractivity contribution in [2.75, 3.05) is 13.6 Å². The van der Waals surface area contributed by atoms with E-state index < -0.39 is 59.8 Å². The van der Waals surface area contributed by atoms with Gasteiger partial charge in [0, 0.05) is 38.9 Å². The van der Waals surface area contributed by atoms with E-state index in [-0.39, 0.29) is 54.5 Å². The SMILES string of the molecule is CC(C)C[C@H](NC(=O)[C@H](Cc1ccc(O)cc1)NC(=O)C[C@H](N)CCCCCCC(Cl)Cl)C(=O)N(C)[C@@H](Cc1ccc(O)cc1)C(=O)N1CCC[C@H]1C(=O)O. The highest BCUT2D eigenvalue weighted by atomic mass is 35.5. The third-order valence-electron chi connectivity index (χ3n) is 9.83. The molecular formula is C40H57Cl2N5O8.